The molecule has 32 heavy (non-hydrogen) atoms. The highest BCUT2D eigenvalue weighted by atomic mass is 127. The molecular formula is C19H12Cl6IN3O3. The van der Waals surface area contributed by atoms with Crippen molar-refractivity contribution in [2.24, 2.45) is 0 Å². The molecule has 2 heterocycles. The molecule has 0 atom stereocenters. The van der Waals surface area contributed by atoms with Crippen LogP contribution in [0.25, 0.3) is 0 Å². The highest BCUT2D eigenvalue weighted by Crippen LogP contribution is 2.37. The Hall–Kier alpha value is -0.780. The van der Waals surface area contributed by atoms with Crippen LogP contribution in [0, 0.1) is 3.57 Å². The molecule has 0 unspecified atom stereocenters. The Labute approximate surface area is 227 Å². The molecule has 1 aromatic carbocycles. The fraction of sp³-hybridized carbons (Fsp3) is 0.105. The number of nitrogens with zero attached hydrogens (tertiary/aromatic N) is 2. The summed E-state index contributed by atoms with van der Waals surface area (Å²) in [5, 5.41) is 11.9. The number of aliphatic hydroxyl groups is 1. The Bertz CT molecular complexity index is 1060. The monoisotopic (exact) mass is 667 g/mol. The third-order valence-corrected chi connectivity index (χ3v) is 6.25. The smallest absolute Gasteiger partial charge is 0.252 e. The molecule has 0 radical (unpaired) electrons. The summed E-state index contributed by atoms with van der Waals surface area (Å²) in [5.41, 5.74) is 0.650. The van der Waals surface area contributed by atoms with E-state index in [1.807, 2.05) is 18.2 Å². The van der Waals surface area contributed by atoms with Crippen LogP contribution in [0.3, 0.4) is 0 Å². The van der Waals surface area contributed by atoms with E-state index >= 15 is 0 Å². The zero-order chi connectivity index (χ0) is 23.8. The van der Waals surface area contributed by atoms with Crippen molar-refractivity contribution in [1.82, 2.24) is 15.3 Å². The summed E-state index contributed by atoms with van der Waals surface area (Å²) in [4.78, 5) is 19.1. The Morgan fingerprint density at radius 1 is 0.906 bits per heavy atom. The van der Waals surface area contributed by atoms with E-state index in [2.05, 4.69) is 37.9 Å². The summed E-state index contributed by atoms with van der Waals surface area (Å²) >= 11 is 37.0. The SMILES string of the molecule is Clc1cc(Cl)c(Oc2nc(Cl)c(Cl)cc2Cl)nc1Cl.O=C(NCCO)c1ccccc1I. The Balaban J connectivity index is 0.000000244. The van der Waals surface area contributed by atoms with Gasteiger partial charge in [-0.25, -0.2) is 0 Å². The van der Waals surface area contributed by atoms with Gasteiger partial charge in [0.25, 0.3) is 5.91 Å². The zero-order valence-corrected chi connectivity index (χ0v) is 22.4. The molecule has 6 nitrogen and oxygen atoms in total. The minimum absolute atomic E-state index is 0.00357. The molecule has 0 aliphatic carbocycles. The van der Waals surface area contributed by atoms with Gasteiger partial charge in [0.15, 0.2) is 10.3 Å². The molecule has 2 aromatic heterocycles. The summed E-state index contributed by atoms with van der Waals surface area (Å²) < 4.78 is 6.25. The number of carbonyl (C=O) groups is 1. The maximum Gasteiger partial charge on any atom is 0.252 e. The van der Waals surface area contributed by atoms with Gasteiger partial charge in [-0.05, 0) is 46.9 Å². The largest absolute Gasteiger partial charge is 0.417 e. The summed E-state index contributed by atoms with van der Waals surface area (Å²) in [7, 11) is 0. The van der Waals surface area contributed by atoms with Gasteiger partial charge >= 0.3 is 0 Å². The van der Waals surface area contributed by atoms with E-state index in [-0.39, 0.29) is 54.7 Å². The zero-order valence-electron chi connectivity index (χ0n) is 15.7. The van der Waals surface area contributed by atoms with Gasteiger partial charge in [-0.15, -0.1) is 0 Å². The lowest BCUT2D eigenvalue weighted by Gasteiger charge is -2.09. The van der Waals surface area contributed by atoms with Crippen LogP contribution in [0.2, 0.25) is 30.4 Å². The van der Waals surface area contributed by atoms with Gasteiger partial charge in [-0.2, -0.15) is 9.97 Å². The molecule has 170 valence electrons. The second kappa shape index (κ2) is 13.2. The Morgan fingerprint density at radius 2 is 1.41 bits per heavy atom. The van der Waals surface area contributed by atoms with E-state index in [1.165, 1.54) is 12.1 Å². The van der Waals surface area contributed by atoms with Crippen LogP contribution in [0.1, 0.15) is 10.4 Å². The van der Waals surface area contributed by atoms with Crippen LogP contribution >= 0.6 is 92.2 Å². The van der Waals surface area contributed by atoms with Crippen molar-refractivity contribution in [2.75, 3.05) is 13.2 Å². The molecule has 0 aliphatic heterocycles. The molecule has 0 saturated heterocycles. The van der Waals surface area contributed by atoms with Crippen LogP contribution in [0.15, 0.2) is 36.4 Å². The number of aliphatic hydroxyl groups excluding tert-OH is 1. The highest BCUT2D eigenvalue weighted by Gasteiger charge is 2.15. The first-order valence-electron chi connectivity index (χ1n) is 8.48. The lowest BCUT2D eigenvalue weighted by Crippen LogP contribution is -2.26. The molecule has 2 N–H and O–H groups in total. The molecule has 0 spiro atoms. The van der Waals surface area contributed by atoms with Crippen LogP contribution in [0.4, 0.5) is 0 Å². The molecule has 1 amide bonds. The van der Waals surface area contributed by atoms with Crippen molar-refractivity contribution in [3.63, 3.8) is 0 Å². The number of amides is 1. The number of pyridine rings is 2. The van der Waals surface area contributed by atoms with Crippen molar-refractivity contribution in [1.29, 1.82) is 0 Å². The summed E-state index contributed by atoms with van der Waals surface area (Å²) in [6.07, 6.45) is 0. The van der Waals surface area contributed by atoms with Crippen LogP contribution in [-0.4, -0.2) is 34.1 Å². The Morgan fingerprint density at radius 3 is 1.88 bits per heavy atom. The summed E-state index contributed by atoms with van der Waals surface area (Å²) in [5.74, 6) is -0.133. The van der Waals surface area contributed by atoms with E-state index in [0.29, 0.717) is 12.1 Å². The van der Waals surface area contributed by atoms with E-state index in [9.17, 15) is 4.79 Å². The molecule has 3 rings (SSSR count). The fourth-order valence-corrected chi connectivity index (χ4v) is 3.69. The van der Waals surface area contributed by atoms with Crippen LogP contribution in [0.5, 0.6) is 11.8 Å². The van der Waals surface area contributed by atoms with Gasteiger partial charge in [0.05, 0.1) is 22.2 Å². The lowest BCUT2D eigenvalue weighted by atomic mass is 10.2. The third kappa shape index (κ3) is 7.92. The van der Waals surface area contributed by atoms with Crippen molar-refractivity contribution in [2.45, 2.75) is 0 Å². The first kappa shape index (κ1) is 27.5. The highest BCUT2D eigenvalue weighted by molar-refractivity contribution is 14.1. The number of carbonyl (C=O) groups excluding carboxylic acids is 1. The standard InChI is InChI=1S/C10H2Cl6N2O.C9H10INO2/c11-3-1-5(13)9(17-7(3)15)19-10-6(14)2-4(12)8(16)18-10;10-8-4-2-1-3-7(8)9(13)11-5-6-12/h1-2H;1-4,12H,5-6H2,(H,11,13). The van der Waals surface area contributed by atoms with Crippen LogP contribution < -0.4 is 10.1 Å². The lowest BCUT2D eigenvalue weighted by molar-refractivity contribution is 0.0944. The normalized spacial score (nSPS) is 10.2. The molecular weight excluding hydrogens is 658 g/mol. The van der Waals surface area contributed by atoms with Crippen molar-refractivity contribution < 1.29 is 14.6 Å². The molecule has 0 fully saturated rings. The molecule has 0 saturated carbocycles. The molecule has 0 bridgehead atoms. The number of benzene rings is 1. The second-order valence-corrected chi connectivity index (χ2v) is 9.16. The average Bonchev–Trinajstić information content (AvgIpc) is 2.74. The van der Waals surface area contributed by atoms with Crippen molar-refractivity contribution in [3.05, 3.63) is 75.9 Å². The van der Waals surface area contributed by atoms with E-state index in [1.54, 1.807) is 6.07 Å². The number of hydrogen-bond donors (Lipinski definition) is 2. The van der Waals surface area contributed by atoms with E-state index in [4.69, 9.17) is 79.4 Å². The predicted molar refractivity (Wildman–Crippen MR) is 137 cm³/mol. The topological polar surface area (TPSA) is 84.3 Å². The first-order chi connectivity index (χ1) is 15.1. The van der Waals surface area contributed by atoms with Crippen LogP contribution in [-0.2, 0) is 0 Å². The van der Waals surface area contributed by atoms with Gasteiger partial charge in [-0.3, -0.25) is 4.79 Å². The maximum atomic E-state index is 11.4. The predicted octanol–water partition coefficient (Wildman–Crippen LogP) is 7.20. The Kier molecular flexibility index (Phi) is 11.3. The summed E-state index contributed by atoms with van der Waals surface area (Å²) in [6, 6.07) is 10.1. The second-order valence-electron chi connectivity index (χ2n) is 5.66. The van der Waals surface area contributed by atoms with Gasteiger partial charge in [0.2, 0.25) is 11.8 Å². The number of ether oxygens (including phenoxy) is 1. The third-order valence-electron chi connectivity index (χ3n) is 3.42. The summed E-state index contributed by atoms with van der Waals surface area (Å²) in [6.45, 7) is 0.263. The number of halogens is 7. The number of nitrogens with one attached hydrogen (secondary N) is 1. The van der Waals surface area contributed by atoms with Crippen molar-refractivity contribution in [3.8, 4) is 11.8 Å². The first-order valence-corrected chi connectivity index (χ1v) is 11.8. The quantitative estimate of drug-likeness (QED) is 0.222. The molecule has 3 aromatic rings. The minimum Gasteiger partial charge on any atom is -0.417 e. The van der Waals surface area contributed by atoms with E-state index in [0.717, 1.165) is 3.57 Å². The van der Waals surface area contributed by atoms with Gasteiger partial charge in [0, 0.05) is 10.1 Å². The van der Waals surface area contributed by atoms with Gasteiger partial charge in [0.1, 0.15) is 10.0 Å². The maximum absolute atomic E-state index is 11.4. The van der Waals surface area contributed by atoms with Gasteiger partial charge < -0.3 is 15.2 Å². The van der Waals surface area contributed by atoms with Gasteiger partial charge in [-0.1, -0.05) is 81.7 Å². The number of hydrogen-bond acceptors (Lipinski definition) is 5. The minimum atomic E-state index is -0.140. The molecule has 0 aliphatic rings. The fourth-order valence-electron chi connectivity index (χ4n) is 2.00. The van der Waals surface area contributed by atoms with E-state index < -0.39 is 0 Å². The number of aromatic nitrogens is 2. The van der Waals surface area contributed by atoms with Crippen molar-refractivity contribution >= 4 is 98.1 Å². The number of rotatable bonds is 5. The molecule has 13 heteroatoms. The average molecular weight is 670 g/mol.